The zero-order valence-electron chi connectivity index (χ0n) is 23.0. The molecular weight excluding hydrogens is 583 g/mol. The molecule has 0 saturated heterocycles. The van der Waals surface area contributed by atoms with Crippen LogP contribution in [0.5, 0.6) is 5.75 Å². The van der Waals surface area contributed by atoms with Crippen LogP contribution in [0.4, 0.5) is 5.69 Å². The molecule has 0 atom stereocenters. The molecule has 0 radical (unpaired) electrons. The van der Waals surface area contributed by atoms with E-state index in [0.717, 1.165) is 32.4 Å². The SMILES string of the molecule is Cc1cc(Br)cc(C)c1N=Cc1cccc(C(C)(C)C)c1O.Cc1ccc(C(C)C)cc1.[CH3-].[CH3-].[Ru+2]. The minimum atomic E-state index is -0.0998. The van der Waals surface area contributed by atoms with E-state index >= 15 is 0 Å². The largest absolute Gasteiger partial charge is 2.00 e. The van der Waals surface area contributed by atoms with Crippen molar-refractivity contribution in [2.45, 2.75) is 66.7 Å². The molecule has 1 N–H and O–H groups in total. The molecule has 3 aromatic rings. The van der Waals surface area contributed by atoms with Crippen LogP contribution in [0.1, 0.15) is 73.9 Å². The van der Waals surface area contributed by atoms with Crippen LogP contribution in [-0.4, -0.2) is 11.3 Å². The van der Waals surface area contributed by atoms with Gasteiger partial charge in [0.1, 0.15) is 5.75 Å². The summed E-state index contributed by atoms with van der Waals surface area (Å²) < 4.78 is 1.05. The monoisotopic (exact) mass is 625 g/mol. The number of nitrogens with zero attached hydrogens (tertiary/aromatic N) is 1. The van der Waals surface area contributed by atoms with Gasteiger partial charge in [0.2, 0.25) is 0 Å². The molecule has 0 aromatic heterocycles. The van der Waals surface area contributed by atoms with Crippen molar-refractivity contribution in [3.8, 4) is 5.75 Å². The fourth-order valence-electron chi connectivity index (χ4n) is 3.46. The maximum atomic E-state index is 10.5. The van der Waals surface area contributed by atoms with E-state index in [-0.39, 0.29) is 39.7 Å². The molecule has 0 aliphatic carbocycles. The van der Waals surface area contributed by atoms with Crippen LogP contribution in [0.3, 0.4) is 0 Å². The van der Waals surface area contributed by atoms with Gasteiger partial charge in [-0.2, -0.15) is 0 Å². The van der Waals surface area contributed by atoms with E-state index in [9.17, 15) is 5.11 Å². The Morgan fingerprint density at radius 2 is 1.40 bits per heavy atom. The van der Waals surface area contributed by atoms with E-state index in [0.29, 0.717) is 11.7 Å². The van der Waals surface area contributed by atoms with Crippen LogP contribution >= 0.6 is 15.9 Å². The van der Waals surface area contributed by atoms with Crippen molar-refractivity contribution in [3.63, 3.8) is 0 Å². The number of rotatable bonds is 3. The summed E-state index contributed by atoms with van der Waals surface area (Å²) in [6.07, 6.45) is 1.74. The second-order valence-corrected chi connectivity index (χ2v) is 10.6. The molecule has 3 aromatic carbocycles. The summed E-state index contributed by atoms with van der Waals surface area (Å²) in [7, 11) is 0. The van der Waals surface area contributed by atoms with Gasteiger partial charge in [0.05, 0.1) is 5.69 Å². The van der Waals surface area contributed by atoms with Crippen molar-refractivity contribution in [2.75, 3.05) is 0 Å². The van der Waals surface area contributed by atoms with Crippen molar-refractivity contribution >= 4 is 27.8 Å². The van der Waals surface area contributed by atoms with Gasteiger partial charge in [0.15, 0.2) is 0 Å². The first-order valence-corrected chi connectivity index (χ1v) is 11.9. The number of phenolic OH excluding ortho intramolecular Hbond substituents is 1. The predicted octanol–water partition coefficient (Wildman–Crippen LogP) is 9.84. The molecule has 0 fully saturated rings. The third kappa shape index (κ3) is 10.4. The first-order valence-electron chi connectivity index (χ1n) is 11.1. The molecule has 192 valence electrons. The van der Waals surface area contributed by atoms with Crippen molar-refractivity contribution in [2.24, 2.45) is 4.99 Å². The van der Waals surface area contributed by atoms with Crippen molar-refractivity contribution in [1.29, 1.82) is 0 Å². The van der Waals surface area contributed by atoms with Gasteiger partial charge >= 0.3 is 19.5 Å². The van der Waals surface area contributed by atoms with Gasteiger partial charge in [-0.05, 0) is 72.6 Å². The minimum absolute atomic E-state index is 0. The number of benzene rings is 3. The molecule has 0 aliphatic heterocycles. The topological polar surface area (TPSA) is 32.6 Å². The molecule has 0 bridgehead atoms. The quantitative estimate of drug-likeness (QED) is 0.175. The third-order valence-electron chi connectivity index (χ3n) is 5.41. The van der Waals surface area contributed by atoms with Crippen molar-refractivity contribution in [1.82, 2.24) is 0 Å². The van der Waals surface area contributed by atoms with Crippen LogP contribution in [-0.2, 0) is 24.9 Å². The predicted molar refractivity (Wildman–Crippen MR) is 156 cm³/mol. The van der Waals surface area contributed by atoms with Crippen LogP contribution in [0.15, 0.2) is 64.1 Å². The van der Waals surface area contributed by atoms with E-state index in [1.165, 1.54) is 11.1 Å². The Morgan fingerprint density at radius 3 is 1.86 bits per heavy atom. The average molecular weight is 626 g/mol. The molecule has 0 aliphatic rings. The second-order valence-electron chi connectivity index (χ2n) is 9.71. The van der Waals surface area contributed by atoms with Gasteiger partial charge in [-0.1, -0.05) is 92.5 Å². The normalized spacial score (nSPS) is 10.6. The summed E-state index contributed by atoms with van der Waals surface area (Å²) in [5.41, 5.74) is 7.50. The fraction of sp³-hybridized carbons (Fsp3) is 0.323. The first kappa shape index (κ1) is 35.4. The second kappa shape index (κ2) is 15.4. The summed E-state index contributed by atoms with van der Waals surface area (Å²) in [4.78, 5) is 4.59. The van der Waals surface area contributed by atoms with Gasteiger partial charge in [0.25, 0.3) is 0 Å². The van der Waals surface area contributed by atoms with Gasteiger partial charge in [-0.15, -0.1) is 0 Å². The molecule has 2 nitrogen and oxygen atoms in total. The molecule has 0 spiro atoms. The summed E-state index contributed by atoms with van der Waals surface area (Å²) in [5.74, 6) is 0.965. The van der Waals surface area contributed by atoms with Gasteiger partial charge in [-0.3, -0.25) is 4.99 Å². The molecule has 0 unspecified atom stereocenters. The zero-order valence-corrected chi connectivity index (χ0v) is 26.3. The zero-order chi connectivity index (χ0) is 24.1. The Kier molecular flexibility index (Phi) is 15.5. The van der Waals surface area contributed by atoms with Crippen LogP contribution in [0, 0.1) is 35.6 Å². The van der Waals surface area contributed by atoms with Crippen LogP contribution in [0.25, 0.3) is 0 Å². The Bertz CT molecular complexity index is 1060. The number of phenols is 1. The summed E-state index contributed by atoms with van der Waals surface area (Å²) in [6, 6.07) is 18.6. The number of aromatic hydroxyl groups is 1. The summed E-state index contributed by atoms with van der Waals surface area (Å²) >= 11 is 3.49. The molecule has 3 rings (SSSR count). The maximum Gasteiger partial charge on any atom is 2.00 e. The Labute approximate surface area is 236 Å². The summed E-state index contributed by atoms with van der Waals surface area (Å²) in [5, 5.41) is 10.5. The smallest absolute Gasteiger partial charge is 0.507 e. The van der Waals surface area contributed by atoms with Gasteiger partial charge in [-0.25, -0.2) is 0 Å². The minimum Gasteiger partial charge on any atom is -0.507 e. The van der Waals surface area contributed by atoms with E-state index in [1.807, 2.05) is 44.2 Å². The van der Waals surface area contributed by atoms with Crippen molar-refractivity contribution < 1.29 is 24.6 Å². The number of halogens is 1. The summed E-state index contributed by atoms with van der Waals surface area (Å²) in [6.45, 7) is 16.9. The third-order valence-corrected chi connectivity index (χ3v) is 5.87. The number of aliphatic imine (C=N–C) groups is 1. The Hall–Kier alpha value is -1.77. The van der Waals surface area contributed by atoms with E-state index in [4.69, 9.17) is 0 Å². The fourth-order valence-corrected chi connectivity index (χ4v) is 4.15. The van der Waals surface area contributed by atoms with Crippen LogP contribution < -0.4 is 0 Å². The average Bonchev–Trinajstić information content (AvgIpc) is 2.68. The van der Waals surface area contributed by atoms with Gasteiger partial charge in [0, 0.05) is 16.3 Å². The standard InChI is InChI=1S/C19H22BrNO.C10H14.2CH3.Ru/c1-12-9-15(20)10-13(2)17(12)21-11-14-7-6-8-16(18(14)22)19(3,4)5;1-8(2)10-6-4-9(3)5-7-10;;;/h6-11,22H,1-5H3;4-8H,1-3H3;2*1H3;/q;;2*-1;+2. The number of hydrogen-bond donors (Lipinski definition) is 1. The van der Waals surface area contributed by atoms with Crippen molar-refractivity contribution in [3.05, 3.63) is 107 Å². The number of hydrogen-bond acceptors (Lipinski definition) is 2. The molecule has 35 heavy (non-hydrogen) atoms. The first-order chi connectivity index (χ1) is 14.9. The van der Waals surface area contributed by atoms with Crippen LogP contribution in [0.2, 0.25) is 0 Å². The Morgan fingerprint density at radius 1 is 0.886 bits per heavy atom. The molecule has 0 amide bonds. The molecule has 0 saturated carbocycles. The maximum absolute atomic E-state index is 10.5. The van der Waals surface area contributed by atoms with E-state index < -0.39 is 0 Å². The molecule has 0 heterocycles. The molecular formula is C31H42BrNORu. The van der Waals surface area contributed by atoms with Gasteiger partial charge < -0.3 is 20.0 Å². The molecule has 4 heteroatoms. The Balaban J connectivity index is 0. The van der Waals surface area contributed by atoms with E-state index in [2.05, 4.69) is 86.7 Å². The van der Waals surface area contributed by atoms with E-state index in [1.54, 1.807) is 6.21 Å². The number of para-hydroxylation sites is 1. The number of aryl methyl sites for hydroxylation is 3.